The van der Waals surface area contributed by atoms with E-state index in [0.29, 0.717) is 28.9 Å². The number of hydrogen-bond donors (Lipinski definition) is 0. The minimum absolute atomic E-state index is 0.0206. The molecular formula is C35H38ClF3N6O3. The molecule has 48 heavy (non-hydrogen) atoms. The molecule has 4 atom stereocenters. The summed E-state index contributed by atoms with van der Waals surface area (Å²) in [6, 6.07) is 9.94. The molecular weight excluding hydrogens is 645 g/mol. The third-order valence-electron chi connectivity index (χ3n) is 9.69. The largest absolute Gasteiger partial charge is 0.461 e. The van der Waals surface area contributed by atoms with Gasteiger partial charge >= 0.3 is 12.1 Å². The second-order valence-corrected chi connectivity index (χ2v) is 14.5. The lowest BCUT2D eigenvalue weighted by Gasteiger charge is -2.31. The Morgan fingerprint density at radius 3 is 2.67 bits per heavy atom. The van der Waals surface area contributed by atoms with Crippen LogP contribution in [0.15, 0.2) is 42.6 Å². The predicted molar refractivity (Wildman–Crippen MR) is 179 cm³/mol. The molecule has 254 valence electrons. The van der Waals surface area contributed by atoms with E-state index in [9.17, 15) is 9.18 Å². The zero-order valence-electron chi connectivity index (χ0n) is 27.4. The van der Waals surface area contributed by atoms with Crippen molar-refractivity contribution in [1.29, 1.82) is 0 Å². The maximum Gasteiger partial charge on any atom is 0.410 e. The molecule has 0 spiro atoms. The highest BCUT2D eigenvalue weighted by atomic mass is 35.5. The average Bonchev–Trinajstić information content (AvgIpc) is 3.70. The summed E-state index contributed by atoms with van der Waals surface area (Å²) in [6.45, 7) is 6.35. The van der Waals surface area contributed by atoms with E-state index in [1.165, 1.54) is 11.1 Å². The van der Waals surface area contributed by atoms with E-state index in [2.05, 4.69) is 19.9 Å². The van der Waals surface area contributed by atoms with Gasteiger partial charge in [0, 0.05) is 48.7 Å². The van der Waals surface area contributed by atoms with Crippen molar-refractivity contribution >= 4 is 45.2 Å². The fourth-order valence-corrected chi connectivity index (χ4v) is 7.71. The lowest BCUT2D eigenvalue weighted by Crippen LogP contribution is -2.43. The molecule has 0 aliphatic carbocycles. The quantitative estimate of drug-likeness (QED) is 0.215. The SMILES string of the molecule is CN(c1nc(OC[C@@]23CCCN2C[C@H](F)C3)nc2c(F)c(-c3cccc4cccc(Cl)c34)ncc12)[C@H]1CN(C(=O)OC(C)(C)C)C[C@@H]1F. The second kappa shape index (κ2) is 12.2. The van der Waals surface area contributed by atoms with Gasteiger partial charge in [0.1, 0.15) is 41.6 Å². The molecule has 3 aliphatic rings. The molecule has 1 amide bonds. The zero-order chi connectivity index (χ0) is 34.0. The summed E-state index contributed by atoms with van der Waals surface area (Å²) >= 11 is 6.58. The Bertz CT molecular complexity index is 1890. The van der Waals surface area contributed by atoms with E-state index in [4.69, 9.17) is 21.1 Å². The number of pyridine rings is 1. The summed E-state index contributed by atoms with van der Waals surface area (Å²) in [6.07, 6.45) is 0.476. The Labute approximate surface area is 282 Å². The number of rotatable bonds is 6. The number of benzene rings is 2. The number of carbonyl (C=O) groups excluding carboxylic acids is 1. The number of likely N-dealkylation sites (N-methyl/N-ethyl adjacent to an activating group) is 1. The Balaban J connectivity index is 1.30. The van der Waals surface area contributed by atoms with Gasteiger partial charge in [-0.1, -0.05) is 41.9 Å². The van der Waals surface area contributed by atoms with Crippen LogP contribution in [0.5, 0.6) is 6.01 Å². The highest BCUT2D eigenvalue weighted by Gasteiger charge is 2.49. The minimum Gasteiger partial charge on any atom is -0.461 e. The Morgan fingerprint density at radius 2 is 1.90 bits per heavy atom. The summed E-state index contributed by atoms with van der Waals surface area (Å²) in [5, 5.41) is 2.16. The Hall–Kier alpha value is -3.90. The minimum atomic E-state index is -1.45. The molecule has 2 aromatic heterocycles. The summed E-state index contributed by atoms with van der Waals surface area (Å²) in [5.41, 5.74) is -0.774. The first-order valence-corrected chi connectivity index (χ1v) is 16.6. The average molecular weight is 683 g/mol. The van der Waals surface area contributed by atoms with Crippen LogP contribution >= 0.6 is 11.6 Å². The molecule has 2 aromatic carbocycles. The number of halogens is 4. The molecule has 3 saturated heterocycles. The summed E-state index contributed by atoms with van der Waals surface area (Å²) in [5.74, 6) is -0.524. The highest BCUT2D eigenvalue weighted by Crippen LogP contribution is 2.41. The monoisotopic (exact) mass is 682 g/mol. The van der Waals surface area contributed by atoms with Crippen molar-refractivity contribution in [1.82, 2.24) is 24.8 Å². The number of hydrogen-bond acceptors (Lipinski definition) is 8. The molecule has 3 aliphatic heterocycles. The molecule has 0 N–H and O–H groups in total. The first kappa shape index (κ1) is 32.6. The van der Waals surface area contributed by atoms with Crippen LogP contribution in [0.2, 0.25) is 5.02 Å². The number of alkyl halides is 2. The molecule has 0 bridgehead atoms. The number of amides is 1. The zero-order valence-corrected chi connectivity index (χ0v) is 28.1. The van der Waals surface area contributed by atoms with Crippen LogP contribution < -0.4 is 9.64 Å². The van der Waals surface area contributed by atoms with E-state index >= 15 is 8.78 Å². The van der Waals surface area contributed by atoms with Crippen molar-refractivity contribution in [2.75, 3.05) is 44.7 Å². The Morgan fingerprint density at radius 1 is 1.12 bits per heavy atom. The number of ether oxygens (including phenoxy) is 2. The van der Waals surface area contributed by atoms with Gasteiger partial charge in [0.05, 0.1) is 23.5 Å². The van der Waals surface area contributed by atoms with E-state index in [-0.39, 0.29) is 48.1 Å². The van der Waals surface area contributed by atoms with Crippen LogP contribution in [0.4, 0.5) is 23.8 Å². The molecule has 13 heteroatoms. The van der Waals surface area contributed by atoms with Gasteiger partial charge in [0.2, 0.25) is 0 Å². The van der Waals surface area contributed by atoms with Gasteiger partial charge in [-0.25, -0.2) is 18.0 Å². The van der Waals surface area contributed by atoms with Crippen molar-refractivity contribution < 1.29 is 27.4 Å². The lowest BCUT2D eigenvalue weighted by atomic mass is 9.95. The van der Waals surface area contributed by atoms with Crippen LogP contribution in [-0.4, -0.2) is 100 Å². The standard InChI is InChI=1S/C35H38ClF3N6O3/c1-34(2,3)48-33(46)44-17-25(38)26(18-44)43(4)31-23-15-40-29(22-10-5-8-20-9-6-11-24(36)27(20)22)28(39)30(23)41-32(42-31)47-19-35-12-7-13-45(35)16-21(37)14-35/h5-6,8-11,15,21,25-26H,7,12-14,16-19H2,1-4H3/t21-,25+,26+,35+/m1/s1. The molecule has 0 unspecified atom stereocenters. The fourth-order valence-electron chi connectivity index (χ4n) is 7.43. The van der Waals surface area contributed by atoms with Crippen molar-refractivity contribution in [2.24, 2.45) is 0 Å². The van der Waals surface area contributed by atoms with Crippen molar-refractivity contribution in [2.45, 2.75) is 69.6 Å². The number of fused-ring (bicyclic) bond motifs is 3. The molecule has 0 radical (unpaired) electrons. The smallest absolute Gasteiger partial charge is 0.410 e. The van der Waals surface area contributed by atoms with Gasteiger partial charge in [0.15, 0.2) is 5.82 Å². The first-order chi connectivity index (χ1) is 22.8. The summed E-state index contributed by atoms with van der Waals surface area (Å²) in [7, 11) is 1.64. The van der Waals surface area contributed by atoms with Gasteiger partial charge in [-0.15, -0.1) is 0 Å². The van der Waals surface area contributed by atoms with Crippen molar-refractivity contribution in [3.63, 3.8) is 0 Å². The highest BCUT2D eigenvalue weighted by molar-refractivity contribution is 6.36. The van der Waals surface area contributed by atoms with Crippen LogP contribution in [0.25, 0.3) is 32.9 Å². The van der Waals surface area contributed by atoms with E-state index in [1.807, 2.05) is 18.2 Å². The predicted octanol–water partition coefficient (Wildman–Crippen LogP) is 6.99. The fraction of sp³-hybridized carbons (Fsp3) is 0.486. The number of aromatic nitrogens is 3. The summed E-state index contributed by atoms with van der Waals surface area (Å²) in [4.78, 5) is 31.5. The maximum absolute atomic E-state index is 16.8. The van der Waals surface area contributed by atoms with E-state index in [1.54, 1.807) is 50.9 Å². The van der Waals surface area contributed by atoms with Gasteiger partial charge < -0.3 is 19.3 Å². The maximum atomic E-state index is 16.8. The van der Waals surface area contributed by atoms with Gasteiger partial charge in [-0.2, -0.15) is 9.97 Å². The second-order valence-electron chi connectivity index (χ2n) is 14.1. The van der Waals surface area contributed by atoms with E-state index < -0.39 is 41.4 Å². The van der Waals surface area contributed by atoms with Gasteiger partial charge in [-0.3, -0.25) is 9.88 Å². The molecule has 9 nitrogen and oxygen atoms in total. The van der Waals surface area contributed by atoms with Gasteiger partial charge in [0.25, 0.3) is 0 Å². The molecule has 4 aromatic rings. The number of nitrogens with zero attached hydrogens (tertiary/aromatic N) is 6. The number of carbonyl (C=O) groups is 1. The van der Waals surface area contributed by atoms with Crippen molar-refractivity contribution in [3.8, 4) is 17.3 Å². The molecule has 3 fully saturated rings. The number of likely N-dealkylation sites (tertiary alicyclic amines) is 1. The molecule has 0 saturated carbocycles. The third-order valence-corrected chi connectivity index (χ3v) is 10.0. The van der Waals surface area contributed by atoms with E-state index in [0.717, 1.165) is 24.8 Å². The first-order valence-electron chi connectivity index (χ1n) is 16.2. The van der Waals surface area contributed by atoms with Crippen LogP contribution in [0, 0.1) is 5.82 Å². The molecule has 5 heterocycles. The van der Waals surface area contributed by atoms with Crippen molar-refractivity contribution in [3.05, 3.63) is 53.4 Å². The molecule has 7 rings (SSSR count). The number of anilines is 1. The van der Waals surface area contributed by atoms with Crippen LogP contribution in [0.1, 0.15) is 40.0 Å². The topological polar surface area (TPSA) is 83.9 Å². The summed E-state index contributed by atoms with van der Waals surface area (Å²) < 4.78 is 58.6. The van der Waals surface area contributed by atoms with Crippen LogP contribution in [-0.2, 0) is 4.74 Å². The Kier molecular flexibility index (Phi) is 8.30. The van der Waals surface area contributed by atoms with Crippen LogP contribution in [0.3, 0.4) is 0 Å². The lowest BCUT2D eigenvalue weighted by molar-refractivity contribution is 0.0283. The normalized spacial score (nSPS) is 24.4. The van der Waals surface area contributed by atoms with Gasteiger partial charge in [-0.05, 0) is 51.6 Å². The third kappa shape index (κ3) is 5.87.